The Morgan fingerprint density at radius 2 is 0.641 bits per heavy atom. The molecule has 3 fully saturated rings. The maximum absolute atomic E-state index is 13.5. The molecule has 3 heterocycles. The smallest absolute Gasteiger partial charge is 0.220 e. The van der Waals surface area contributed by atoms with E-state index in [0.29, 0.717) is 12.8 Å². The minimum absolute atomic E-state index is 0.237. The fraction of sp³-hybridized carbons (Fsp3) is 0.940. The summed E-state index contributed by atoms with van der Waals surface area (Å²) in [5, 5.41) is 121. The molecule has 17 unspecified atom stereocenters. The number of aliphatic hydroxyl groups is 11. The van der Waals surface area contributed by atoms with Gasteiger partial charge in [0.15, 0.2) is 18.9 Å². The third-order valence-electron chi connectivity index (χ3n) is 21.8. The molecule has 19 nitrogen and oxygen atoms in total. The second-order valence-corrected chi connectivity index (χ2v) is 31.0. The van der Waals surface area contributed by atoms with Crippen LogP contribution in [-0.2, 0) is 33.2 Å². The van der Waals surface area contributed by atoms with E-state index in [1.165, 1.54) is 289 Å². The number of rotatable bonds is 70. The predicted molar refractivity (Wildman–Crippen MR) is 411 cm³/mol. The van der Waals surface area contributed by atoms with Gasteiger partial charge in [0.1, 0.15) is 73.2 Å². The van der Waals surface area contributed by atoms with E-state index < -0.39 is 124 Å². The number of amides is 1. The van der Waals surface area contributed by atoms with Gasteiger partial charge in [0, 0.05) is 6.42 Å². The molecule has 3 saturated heterocycles. The number of nitrogens with one attached hydrogen (secondary N) is 1. The summed E-state index contributed by atoms with van der Waals surface area (Å²) in [7, 11) is 0. The van der Waals surface area contributed by atoms with Crippen LogP contribution in [0.3, 0.4) is 0 Å². The first-order chi connectivity index (χ1) is 50.3. The van der Waals surface area contributed by atoms with Crippen LogP contribution in [-0.4, -0.2) is 193 Å². The predicted octanol–water partition coefficient (Wildman–Crippen LogP) is 15.3. The summed E-state index contributed by atoms with van der Waals surface area (Å²) >= 11 is 0. The van der Waals surface area contributed by atoms with E-state index in [4.69, 9.17) is 28.4 Å². The van der Waals surface area contributed by atoms with Crippen LogP contribution >= 0.6 is 0 Å². The number of allylic oxidation sites excluding steroid dienone is 4. The van der Waals surface area contributed by atoms with E-state index in [-0.39, 0.29) is 18.9 Å². The lowest BCUT2D eigenvalue weighted by Gasteiger charge is -2.48. The maximum Gasteiger partial charge on any atom is 0.220 e. The Labute approximate surface area is 626 Å². The van der Waals surface area contributed by atoms with Gasteiger partial charge in [-0.05, 0) is 44.9 Å². The zero-order chi connectivity index (χ0) is 74.6. The van der Waals surface area contributed by atoms with E-state index in [9.17, 15) is 61.0 Å². The molecule has 0 bridgehead atoms. The lowest BCUT2D eigenvalue weighted by molar-refractivity contribution is -0.379. The van der Waals surface area contributed by atoms with Crippen molar-refractivity contribution in [1.29, 1.82) is 0 Å². The highest BCUT2D eigenvalue weighted by molar-refractivity contribution is 5.76. The Hall–Kier alpha value is -1.73. The molecule has 0 aromatic heterocycles. The van der Waals surface area contributed by atoms with E-state index in [1.54, 1.807) is 0 Å². The van der Waals surface area contributed by atoms with Crippen LogP contribution in [0.15, 0.2) is 24.3 Å². The molecule has 0 radical (unpaired) electrons. The van der Waals surface area contributed by atoms with Gasteiger partial charge in [-0.25, -0.2) is 0 Å². The molecule has 0 aromatic carbocycles. The van der Waals surface area contributed by atoms with E-state index >= 15 is 0 Å². The largest absolute Gasteiger partial charge is 0.394 e. The van der Waals surface area contributed by atoms with E-state index in [2.05, 4.69) is 43.5 Å². The highest BCUT2D eigenvalue weighted by Crippen LogP contribution is 2.34. The summed E-state index contributed by atoms with van der Waals surface area (Å²) in [6.45, 7) is 1.85. The quantitative estimate of drug-likeness (QED) is 0.0199. The summed E-state index contributed by atoms with van der Waals surface area (Å²) < 4.78 is 34.6. The SMILES string of the molecule is CCCCCCC/C=C\C/C=C\CCCCCCCCCCCCCCCC(=O)NC(COC1OC(CO)C(OC2OC(CO)C(OC3OC(CO)C(O)C(O)C3O)C(O)C2O)C(O)C1O)C(O)CCCCCCCCCCCCCCCCCCCCCCCCCCCCCCCCCCC. The van der Waals surface area contributed by atoms with Crippen molar-refractivity contribution >= 4 is 5.91 Å². The second-order valence-electron chi connectivity index (χ2n) is 31.0. The van der Waals surface area contributed by atoms with Gasteiger partial charge in [0.25, 0.3) is 0 Å². The van der Waals surface area contributed by atoms with Gasteiger partial charge in [-0.3, -0.25) is 4.79 Å². The van der Waals surface area contributed by atoms with Crippen LogP contribution in [0.2, 0.25) is 0 Å². The molecule has 0 saturated carbocycles. The molecule has 103 heavy (non-hydrogen) atoms. The molecule has 0 aliphatic carbocycles. The van der Waals surface area contributed by atoms with Crippen molar-refractivity contribution in [3.8, 4) is 0 Å². The Morgan fingerprint density at radius 1 is 0.350 bits per heavy atom. The first kappa shape index (κ1) is 95.5. The van der Waals surface area contributed by atoms with E-state index in [0.717, 1.165) is 51.4 Å². The third-order valence-corrected chi connectivity index (χ3v) is 21.8. The fourth-order valence-electron chi connectivity index (χ4n) is 14.9. The number of ether oxygens (including phenoxy) is 6. The molecule has 19 heteroatoms. The maximum atomic E-state index is 13.5. The molecular formula is C84H159NO18. The highest BCUT2D eigenvalue weighted by Gasteiger charge is 2.54. The van der Waals surface area contributed by atoms with Gasteiger partial charge >= 0.3 is 0 Å². The van der Waals surface area contributed by atoms with Gasteiger partial charge in [-0.2, -0.15) is 0 Å². The van der Waals surface area contributed by atoms with Gasteiger partial charge < -0.3 is 89.9 Å². The number of unbranched alkanes of at least 4 members (excludes halogenated alkanes) is 50. The number of hydrogen-bond acceptors (Lipinski definition) is 18. The minimum Gasteiger partial charge on any atom is -0.394 e. The van der Waals surface area contributed by atoms with E-state index in [1.807, 2.05) is 0 Å². The molecule has 17 atom stereocenters. The van der Waals surface area contributed by atoms with Gasteiger partial charge in [-0.15, -0.1) is 0 Å². The first-order valence-electron chi connectivity index (χ1n) is 43.1. The molecule has 608 valence electrons. The highest BCUT2D eigenvalue weighted by atomic mass is 16.8. The van der Waals surface area contributed by atoms with Crippen LogP contribution in [0.25, 0.3) is 0 Å². The summed E-state index contributed by atoms with van der Waals surface area (Å²) in [5.41, 5.74) is 0. The van der Waals surface area contributed by atoms with Crippen molar-refractivity contribution in [3.05, 3.63) is 24.3 Å². The average molecular weight is 1470 g/mol. The third kappa shape index (κ3) is 44.6. The van der Waals surface area contributed by atoms with Crippen molar-refractivity contribution in [2.24, 2.45) is 0 Å². The number of carbonyl (C=O) groups excluding carboxylic acids is 1. The van der Waals surface area contributed by atoms with Crippen LogP contribution in [0.1, 0.15) is 373 Å². The lowest BCUT2D eigenvalue weighted by Crippen LogP contribution is -2.66. The normalized spacial score (nSPS) is 26.1. The van der Waals surface area contributed by atoms with Crippen molar-refractivity contribution in [3.63, 3.8) is 0 Å². The first-order valence-corrected chi connectivity index (χ1v) is 43.1. The molecular weight excluding hydrogens is 1310 g/mol. The van der Waals surface area contributed by atoms with Gasteiger partial charge in [0.2, 0.25) is 5.91 Å². The standard InChI is InChI=1S/C84H159NO18/c1-3-5-7-9-11-13-15-17-19-21-23-25-27-29-30-31-32-33-34-35-36-38-39-41-43-45-47-49-51-53-55-57-59-61-68(89)67(85-72(90)62-60-58-56-54-52-50-48-46-44-42-40-37-28-26-24-22-20-18-16-14-12-10-8-6-4-2)66-98-82-78(96)75(93)80(70(64-87)100-82)103-84-79(97)76(94)81(71(65-88)101-84)102-83-77(95)74(92)73(91)69(63-86)99-83/h16,18,22,24,67-71,73-84,86-89,91-97H,3-15,17,19-21,23,25-66H2,1-2H3,(H,85,90)/b18-16-,24-22-. The molecule has 0 spiro atoms. The fourth-order valence-corrected chi connectivity index (χ4v) is 14.9. The molecule has 3 aliphatic rings. The average Bonchev–Trinajstić information content (AvgIpc) is 0.781. The van der Waals surface area contributed by atoms with Crippen molar-refractivity contribution in [1.82, 2.24) is 5.32 Å². The van der Waals surface area contributed by atoms with Crippen molar-refractivity contribution < 1.29 is 89.4 Å². The van der Waals surface area contributed by atoms with Crippen molar-refractivity contribution in [2.75, 3.05) is 26.4 Å². The summed E-state index contributed by atoms with van der Waals surface area (Å²) in [6, 6.07) is -0.889. The van der Waals surface area contributed by atoms with Crippen LogP contribution in [0.4, 0.5) is 0 Å². The topological polar surface area (TPSA) is 307 Å². The zero-order valence-corrected chi connectivity index (χ0v) is 65.3. The summed E-state index contributed by atoms with van der Waals surface area (Å²) in [5.74, 6) is -0.237. The Balaban J connectivity index is 1.34. The molecule has 12 N–H and O–H groups in total. The molecule has 1 amide bonds. The Bertz CT molecular complexity index is 1950. The second kappa shape index (κ2) is 65.0. The number of carbonyl (C=O) groups is 1. The molecule has 0 aromatic rings. The Morgan fingerprint density at radius 3 is 0.990 bits per heavy atom. The van der Waals surface area contributed by atoms with Gasteiger partial charge in [-0.1, -0.05) is 346 Å². The van der Waals surface area contributed by atoms with Crippen LogP contribution in [0.5, 0.6) is 0 Å². The lowest BCUT2D eigenvalue weighted by atomic mass is 9.96. The number of hydrogen-bond donors (Lipinski definition) is 12. The Kier molecular flexibility index (Phi) is 60.3. The van der Waals surface area contributed by atoms with Crippen LogP contribution < -0.4 is 5.32 Å². The van der Waals surface area contributed by atoms with Crippen LogP contribution in [0, 0.1) is 0 Å². The summed E-state index contributed by atoms with van der Waals surface area (Å²) in [6.07, 6.45) is 52.8. The molecule has 3 aliphatic heterocycles. The number of aliphatic hydroxyl groups excluding tert-OH is 11. The summed E-state index contributed by atoms with van der Waals surface area (Å²) in [4.78, 5) is 13.5. The zero-order valence-electron chi connectivity index (χ0n) is 65.3. The van der Waals surface area contributed by atoms with Gasteiger partial charge in [0.05, 0.1) is 38.6 Å². The molecule has 3 rings (SSSR count). The monoisotopic (exact) mass is 1470 g/mol. The van der Waals surface area contributed by atoms with Crippen molar-refractivity contribution in [2.45, 2.75) is 478 Å². The minimum atomic E-state index is -1.97.